The van der Waals surface area contributed by atoms with E-state index in [0.717, 1.165) is 20.5 Å². The van der Waals surface area contributed by atoms with Crippen LogP contribution in [0.5, 0.6) is 5.75 Å². The highest BCUT2D eigenvalue weighted by Crippen LogP contribution is 2.35. The Morgan fingerprint density at radius 2 is 1.93 bits per heavy atom. The Balaban J connectivity index is 1.80. The van der Waals surface area contributed by atoms with Crippen LogP contribution in [0.4, 0.5) is 0 Å². The summed E-state index contributed by atoms with van der Waals surface area (Å²) in [5.74, 6) is 2.51. The van der Waals surface area contributed by atoms with E-state index in [4.69, 9.17) is 20.9 Å². The Morgan fingerprint density at radius 3 is 2.61 bits per heavy atom. The highest BCUT2D eigenvalue weighted by Gasteiger charge is 2.35. The van der Waals surface area contributed by atoms with E-state index < -0.39 is 12.0 Å². The molecule has 9 heteroatoms. The van der Waals surface area contributed by atoms with Crippen LogP contribution in [0.25, 0.3) is 11.8 Å². The first-order valence-corrected chi connectivity index (χ1v) is 15.6. The van der Waals surface area contributed by atoms with Gasteiger partial charge in [-0.15, -0.1) is 18.2 Å². The van der Waals surface area contributed by atoms with Crippen molar-refractivity contribution in [3.63, 3.8) is 0 Å². The van der Waals surface area contributed by atoms with Crippen molar-refractivity contribution in [2.75, 3.05) is 19.5 Å². The van der Waals surface area contributed by atoms with Crippen LogP contribution in [0.3, 0.4) is 0 Å². The minimum atomic E-state index is -0.738. The lowest BCUT2D eigenvalue weighted by atomic mass is 9.93. The smallest absolute Gasteiger partial charge is 0.338 e. The zero-order valence-electron chi connectivity index (χ0n) is 22.3. The number of fused-ring (bicyclic) bond motifs is 1. The molecule has 0 N–H and O–H groups in total. The second-order valence-corrected chi connectivity index (χ2v) is 11.7. The van der Waals surface area contributed by atoms with Gasteiger partial charge in [-0.1, -0.05) is 75.7 Å². The minimum Gasteiger partial charge on any atom is -0.480 e. The monoisotopic (exact) mass is 644 g/mol. The third-order valence-electron chi connectivity index (χ3n) is 6.37. The molecule has 206 valence electrons. The summed E-state index contributed by atoms with van der Waals surface area (Å²) < 4.78 is 14.1. The molecule has 0 aliphatic carbocycles. The van der Waals surface area contributed by atoms with Crippen molar-refractivity contribution in [2.24, 2.45) is 4.99 Å². The Morgan fingerprint density at radius 1 is 1.17 bits per heavy atom. The van der Waals surface area contributed by atoms with Gasteiger partial charge in [0.15, 0.2) is 4.80 Å². The standard InChI is InChI=1S/C32H25BrN2O4S2/c1-4-17-39-25-16-13-23(33)18-22(25)19-26-30(36)35-29(21-11-14-24(40-3)15-12-21)27(31(37)38-5-2)28(34-32(35)41-26)20-9-7-6-8-10-20/h1,6-16,18-19,29H,5,17H2,2-3H3/b26-19-/t29-/m1/s1. The summed E-state index contributed by atoms with van der Waals surface area (Å²) >= 11 is 6.37. The fourth-order valence-corrected chi connectivity index (χ4v) is 6.35. The fraction of sp³-hybridized carbons (Fsp3) is 0.156. The number of nitrogens with zero attached hydrogens (tertiary/aromatic N) is 2. The number of thioether (sulfide) groups is 1. The molecule has 0 spiro atoms. The number of benzene rings is 3. The summed E-state index contributed by atoms with van der Waals surface area (Å²) in [6, 6.07) is 22.1. The summed E-state index contributed by atoms with van der Waals surface area (Å²) in [4.78, 5) is 34.2. The SMILES string of the molecule is C#CCOc1ccc(Br)cc1/C=c1\sc2n(c1=O)[C@H](c1ccc(SC)cc1)C(C(=O)OCC)=C(c1ccccc1)N=2. The number of carbonyl (C=O) groups excluding carboxylic acids is 1. The number of terminal acetylenes is 1. The van der Waals surface area contributed by atoms with Crippen LogP contribution >= 0.6 is 39.0 Å². The molecule has 0 bridgehead atoms. The van der Waals surface area contributed by atoms with Crippen LogP contribution in [0.1, 0.15) is 29.7 Å². The summed E-state index contributed by atoms with van der Waals surface area (Å²) in [7, 11) is 0. The van der Waals surface area contributed by atoms with Gasteiger partial charge >= 0.3 is 5.97 Å². The maximum Gasteiger partial charge on any atom is 0.338 e. The Hall–Kier alpha value is -3.84. The minimum absolute atomic E-state index is 0.0963. The summed E-state index contributed by atoms with van der Waals surface area (Å²) in [5, 5.41) is 0. The van der Waals surface area contributed by atoms with Gasteiger partial charge in [0.25, 0.3) is 5.56 Å². The molecule has 1 atom stereocenters. The third-order valence-corrected chi connectivity index (χ3v) is 8.59. The Labute approximate surface area is 254 Å². The van der Waals surface area contributed by atoms with Gasteiger partial charge in [0, 0.05) is 20.5 Å². The number of hydrogen-bond donors (Lipinski definition) is 0. The fourth-order valence-electron chi connectivity index (χ4n) is 4.57. The molecular weight excluding hydrogens is 620 g/mol. The average molecular weight is 646 g/mol. The van der Waals surface area contributed by atoms with E-state index in [-0.39, 0.29) is 18.8 Å². The summed E-state index contributed by atoms with van der Waals surface area (Å²) in [5.41, 5.74) is 2.75. The van der Waals surface area contributed by atoms with Crippen molar-refractivity contribution in [1.29, 1.82) is 0 Å². The second-order valence-electron chi connectivity index (χ2n) is 8.88. The molecule has 1 aliphatic heterocycles. The molecule has 4 aromatic rings. The van der Waals surface area contributed by atoms with Crippen LogP contribution < -0.4 is 19.6 Å². The molecular formula is C32H25BrN2O4S2. The number of ether oxygens (including phenoxy) is 2. The normalized spacial score (nSPS) is 14.7. The van der Waals surface area contributed by atoms with Crippen LogP contribution in [0.2, 0.25) is 0 Å². The van der Waals surface area contributed by atoms with Gasteiger partial charge in [-0.3, -0.25) is 9.36 Å². The maximum absolute atomic E-state index is 14.1. The number of aromatic nitrogens is 1. The molecule has 5 rings (SSSR count). The predicted octanol–water partition coefficient (Wildman–Crippen LogP) is 5.43. The molecule has 0 amide bonds. The summed E-state index contributed by atoms with van der Waals surface area (Å²) in [6.45, 7) is 2.05. The zero-order valence-corrected chi connectivity index (χ0v) is 25.5. The van der Waals surface area contributed by atoms with Gasteiger partial charge in [-0.25, -0.2) is 9.79 Å². The zero-order chi connectivity index (χ0) is 28.9. The topological polar surface area (TPSA) is 69.9 Å². The van der Waals surface area contributed by atoms with Crippen LogP contribution in [-0.2, 0) is 9.53 Å². The van der Waals surface area contributed by atoms with Crippen LogP contribution in [0.15, 0.2) is 97.5 Å². The Bertz CT molecular complexity index is 1850. The van der Waals surface area contributed by atoms with E-state index in [2.05, 4.69) is 21.9 Å². The van der Waals surface area contributed by atoms with E-state index in [1.807, 2.05) is 73.0 Å². The second kappa shape index (κ2) is 12.8. The van der Waals surface area contributed by atoms with Gasteiger partial charge in [-0.2, -0.15) is 0 Å². The largest absolute Gasteiger partial charge is 0.480 e. The van der Waals surface area contributed by atoms with Gasteiger partial charge in [0.2, 0.25) is 0 Å². The van der Waals surface area contributed by atoms with E-state index in [0.29, 0.717) is 31.9 Å². The molecule has 1 aliphatic rings. The highest BCUT2D eigenvalue weighted by molar-refractivity contribution is 9.10. The highest BCUT2D eigenvalue weighted by atomic mass is 79.9. The molecule has 0 unspecified atom stereocenters. The first-order chi connectivity index (χ1) is 19.9. The number of carbonyl (C=O) groups is 1. The van der Waals surface area contributed by atoms with E-state index in [1.54, 1.807) is 35.4 Å². The number of thiazole rings is 1. The Kier molecular flexibility index (Phi) is 8.93. The molecule has 1 aromatic heterocycles. The first kappa shape index (κ1) is 28.7. The molecule has 2 heterocycles. The lowest BCUT2D eigenvalue weighted by Crippen LogP contribution is -2.40. The molecule has 6 nitrogen and oxygen atoms in total. The first-order valence-electron chi connectivity index (χ1n) is 12.7. The van der Waals surface area contributed by atoms with Gasteiger partial charge in [0.1, 0.15) is 12.4 Å². The van der Waals surface area contributed by atoms with Gasteiger partial charge < -0.3 is 9.47 Å². The number of rotatable bonds is 8. The van der Waals surface area contributed by atoms with Crippen molar-refractivity contribution in [1.82, 2.24) is 4.57 Å². The quantitative estimate of drug-likeness (QED) is 0.145. The van der Waals surface area contributed by atoms with Crippen molar-refractivity contribution < 1.29 is 14.3 Å². The number of hydrogen-bond acceptors (Lipinski definition) is 7. The molecule has 3 aromatic carbocycles. The number of esters is 1. The summed E-state index contributed by atoms with van der Waals surface area (Å²) in [6.07, 6.45) is 9.17. The molecule has 0 radical (unpaired) electrons. The molecule has 0 saturated heterocycles. The third kappa shape index (κ3) is 5.96. The maximum atomic E-state index is 14.1. The van der Waals surface area contributed by atoms with Crippen molar-refractivity contribution in [3.05, 3.63) is 119 Å². The van der Waals surface area contributed by atoms with Crippen molar-refractivity contribution >= 4 is 56.8 Å². The van der Waals surface area contributed by atoms with E-state index in [1.165, 1.54) is 11.3 Å². The van der Waals surface area contributed by atoms with Crippen LogP contribution in [-0.4, -0.2) is 30.0 Å². The van der Waals surface area contributed by atoms with Gasteiger partial charge in [-0.05, 0) is 55.2 Å². The predicted molar refractivity (Wildman–Crippen MR) is 168 cm³/mol. The van der Waals surface area contributed by atoms with E-state index >= 15 is 0 Å². The number of halogens is 1. The lowest BCUT2D eigenvalue weighted by molar-refractivity contribution is -0.138. The van der Waals surface area contributed by atoms with Crippen molar-refractivity contribution in [2.45, 2.75) is 17.9 Å². The van der Waals surface area contributed by atoms with Crippen LogP contribution in [0, 0.1) is 12.3 Å². The van der Waals surface area contributed by atoms with Gasteiger partial charge in [0.05, 0.1) is 28.5 Å². The molecule has 0 saturated carbocycles. The lowest BCUT2D eigenvalue weighted by Gasteiger charge is -2.26. The van der Waals surface area contributed by atoms with E-state index in [9.17, 15) is 9.59 Å². The van der Waals surface area contributed by atoms with Crippen molar-refractivity contribution in [3.8, 4) is 18.1 Å². The molecule has 41 heavy (non-hydrogen) atoms. The molecule has 0 fully saturated rings. The average Bonchev–Trinajstić information content (AvgIpc) is 3.30.